The predicted molar refractivity (Wildman–Crippen MR) is 88.8 cm³/mol. The van der Waals surface area contributed by atoms with E-state index in [1.165, 1.54) is 4.31 Å². The Morgan fingerprint density at radius 1 is 1.04 bits per heavy atom. The first kappa shape index (κ1) is 18.1. The molecule has 7 nitrogen and oxygen atoms in total. The minimum atomic E-state index is -3.15. The smallest absolute Gasteiger partial charge is 0.226 e. The first-order valence-electron chi connectivity index (χ1n) is 9.04. The normalized spacial score (nSPS) is 28.4. The molecule has 0 aliphatic carbocycles. The van der Waals surface area contributed by atoms with Crippen molar-refractivity contribution in [2.24, 2.45) is 5.92 Å². The highest BCUT2D eigenvalue weighted by atomic mass is 32.2. The van der Waals surface area contributed by atoms with Gasteiger partial charge in [0.25, 0.3) is 0 Å². The topological polar surface area (TPSA) is 76.2 Å². The fourth-order valence-electron chi connectivity index (χ4n) is 3.91. The third-order valence-corrected chi connectivity index (χ3v) is 7.24. The van der Waals surface area contributed by atoms with Gasteiger partial charge in [0.2, 0.25) is 15.9 Å². The van der Waals surface area contributed by atoms with Crippen LogP contribution in [0.4, 0.5) is 0 Å². The zero-order chi connectivity index (χ0) is 17.2. The second kappa shape index (κ2) is 7.68. The van der Waals surface area contributed by atoms with Crippen molar-refractivity contribution in [2.45, 2.75) is 51.4 Å². The van der Waals surface area contributed by atoms with Gasteiger partial charge in [0.05, 0.1) is 25.0 Å². The summed E-state index contributed by atoms with van der Waals surface area (Å²) in [6.07, 6.45) is 3.93. The second-order valence-corrected chi connectivity index (χ2v) is 9.04. The van der Waals surface area contributed by atoms with Crippen molar-refractivity contribution in [3.05, 3.63) is 0 Å². The lowest BCUT2D eigenvalue weighted by Gasteiger charge is -2.41. The third-order valence-electron chi connectivity index (χ3n) is 5.36. The second-order valence-electron chi connectivity index (χ2n) is 6.78. The molecule has 0 saturated carbocycles. The molecule has 8 heteroatoms. The molecule has 0 radical (unpaired) electrons. The number of likely N-dealkylation sites (tertiary alicyclic amines) is 1. The molecule has 0 bridgehead atoms. The average molecular weight is 360 g/mol. The number of hydrogen-bond acceptors (Lipinski definition) is 5. The van der Waals surface area contributed by atoms with Crippen LogP contribution < -0.4 is 0 Å². The molecule has 3 rings (SSSR count). The summed E-state index contributed by atoms with van der Waals surface area (Å²) in [5, 5.41) is 0. The summed E-state index contributed by atoms with van der Waals surface area (Å²) in [4.78, 5) is 14.9. The maximum Gasteiger partial charge on any atom is 0.226 e. The summed E-state index contributed by atoms with van der Waals surface area (Å²) >= 11 is 0. The van der Waals surface area contributed by atoms with Crippen LogP contribution in [-0.2, 0) is 24.3 Å². The molecule has 1 unspecified atom stereocenters. The van der Waals surface area contributed by atoms with Crippen LogP contribution in [0.1, 0.15) is 39.0 Å². The van der Waals surface area contributed by atoms with Crippen molar-refractivity contribution in [3.8, 4) is 0 Å². The van der Waals surface area contributed by atoms with Gasteiger partial charge in [0.15, 0.2) is 6.29 Å². The lowest BCUT2D eigenvalue weighted by atomic mass is 9.93. The molecule has 0 N–H and O–H groups in total. The van der Waals surface area contributed by atoms with Crippen LogP contribution in [0, 0.1) is 5.92 Å². The summed E-state index contributed by atoms with van der Waals surface area (Å²) in [5.74, 6) is 0.179. The van der Waals surface area contributed by atoms with E-state index in [1.54, 1.807) is 6.92 Å². The zero-order valence-corrected chi connectivity index (χ0v) is 15.2. The minimum Gasteiger partial charge on any atom is -0.348 e. The maximum absolute atomic E-state index is 13.0. The highest BCUT2D eigenvalue weighted by Crippen LogP contribution is 2.29. The molecule has 0 spiro atoms. The van der Waals surface area contributed by atoms with Gasteiger partial charge in [0, 0.05) is 25.6 Å². The monoisotopic (exact) mass is 360 g/mol. The van der Waals surface area contributed by atoms with E-state index in [9.17, 15) is 13.2 Å². The van der Waals surface area contributed by atoms with E-state index in [0.29, 0.717) is 39.1 Å². The van der Waals surface area contributed by atoms with Crippen LogP contribution in [0.2, 0.25) is 0 Å². The standard InChI is InChI=1S/C16H28N2O5S/c1-2-24(20,21)17-9-6-13(7-10-17)15(19)18-8-4-3-5-14(18)16-22-11-12-23-16/h13-14,16H,2-12H2,1H3. The Morgan fingerprint density at radius 3 is 2.33 bits per heavy atom. The molecule has 1 amide bonds. The molecule has 0 aromatic carbocycles. The molecule has 3 aliphatic heterocycles. The molecule has 3 aliphatic rings. The molecule has 0 aromatic rings. The van der Waals surface area contributed by atoms with Crippen molar-refractivity contribution in [1.29, 1.82) is 0 Å². The van der Waals surface area contributed by atoms with E-state index in [1.807, 2.05) is 4.90 Å². The summed E-state index contributed by atoms with van der Waals surface area (Å²) in [5.41, 5.74) is 0. The van der Waals surface area contributed by atoms with Crippen LogP contribution in [0.25, 0.3) is 0 Å². The number of sulfonamides is 1. The van der Waals surface area contributed by atoms with E-state index >= 15 is 0 Å². The summed E-state index contributed by atoms with van der Waals surface area (Å²) in [7, 11) is -3.15. The van der Waals surface area contributed by atoms with Crippen molar-refractivity contribution in [1.82, 2.24) is 9.21 Å². The van der Waals surface area contributed by atoms with Gasteiger partial charge in [-0.1, -0.05) is 0 Å². The first-order valence-corrected chi connectivity index (χ1v) is 10.7. The maximum atomic E-state index is 13.0. The van der Waals surface area contributed by atoms with Gasteiger partial charge in [-0.05, 0) is 39.0 Å². The van der Waals surface area contributed by atoms with Crippen LogP contribution in [0.3, 0.4) is 0 Å². The number of piperidine rings is 2. The van der Waals surface area contributed by atoms with Crippen molar-refractivity contribution >= 4 is 15.9 Å². The lowest BCUT2D eigenvalue weighted by molar-refractivity contribution is -0.155. The van der Waals surface area contributed by atoms with E-state index in [0.717, 1.165) is 25.8 Å². The summed E-state index contributed by atoms with van der Waals surface area (Å²) < 4.78 is 36.7. The van der Waals surface area contributed by atoms with Crippen LogP contribution in [0.5, 0.6) is 0 Å². The van der Waals surface area contributed by atoms with Gasteiger partial charge in [-0.3, -0.25) is 4.79 Å². The van der Waals surface area contributed by atoms with E-state index in [4.69, 9.17) is 9.47 Å². The molecule has 0 aromatic heterocycles. The molecule has 24 heavy (non-hydrogen) atoms. The predicted octanol–water partition coefficient (Wildman–Crippen LogP) is 0.802. The first-order chi connectivity index (χ1) is 11.5. The molecular formula is C16H28N2O5S. The fraction of sp³-hybridized carbons (Fsp3) is 0.938. The number of carbonyl (C=O) groups is 1. The Labute approximate surface area is 144 Å². The van der Waals surface area contributed by atoms with Crippen LogP contribution in [0.15, 0.2) is 0 Å². The summed E-state index contributed by atoms with van der Waals surface area (Å²) in [6.45, 7) is 4.49. The molecule has 138 valence electrons. The van der Waals surface area contributed by atoms with Crippen molar-refractivity contribution in [3.63, 3.8) is 0 Å². The van der Waals surface area contributed by atoms with Crippen LogP contribution >= 0.6 is 0 Å². The number of amides is 1. The van der Waals surface area contributed by atoms with E-state index < -0.39 is 10.0 Å². The number of nitrogens with zero attached hydrogens (tertiary/aromatic N) is 2. The van der Waals surface area contributed by atoms with E-state index in [-0.39, 0.29) is 29.9 Å². The molecule has 3 fully saturated rings. The van der Waals surface area contributed by atoms with Gasteiger partial charge in [-0.25, -0.2) is 12.7 Å². The average Bonchev–Trinajstić information content (AvgIpc) is 3.16. The van der Waals surface area contributed by atoms with Crippen LogP contribution in [-0.4, -0.2) is 74.5 Å². The largest absolute Gasteiger partial charge is 0.348 e. The minimum absolute atomic E-state index is 0.00570. The van der Waals surface area contributed by atoms with E-state index in [2.05, 4.69) is 0 Å². The Bertz CT molecular complexity index is 539. The van der Waals surface area contributed by atoms with Gasteiger partial charge < -0.3 is 14.4 Å². The highest BCUT2D eigenvalue weighted by Gasteiger charge is 2.39. The van der Waals surface area contributed by atoms with Gasteiger partial charge in [-0.15, -0.1) is 0 Å². The Morgan fingerprint density at radius 2 is 1.71 bits per heavy atom. The van der Waals surface area contributed by atoms with Crippen molar-refractivity contribution < 1.29 is 22.7 Å². The highest BCUT2D eigenvalue weighted by molar-refractivity contribution is 7.89. The Balaban J connectivity index is 1.61. The molecule has 3 heterocycles. The zero-order valence-electron chi connectivity index (χ0n) is 14.4. The summed E-state index contributed by atoms with van der Waals surface area (Å²) in [6, 6.07) is 0.00570. The fourth-order valence-corrected chi connectivity index (χ4v) is 5.04. The Kier molecular flexibility index (Phi) is 5.79. The third kappa shape index (κ3) is 3.76. The number of ether oxygens (including phenoxy) is 2. The quantitative estimate of drug-likeness (QED) is 0.741. The van der Waals surface area contributed by atoms with Gasteiger partial charge >= 0.3 is 0 Å². The number of hydrogen-bond donors (Lipinski definition) is 0. The van der Waals surface area contributed by atoms with Gasteiger partial charge in [0.1, 0.15) is 0 Å². The number of rotatable bonds is 4. The Hall–Kier alpha value is -0.700. The lowest BCUT2D eigenvalue weighted by Crippen LogP contribution is -2.53. The van der Waals surface area contributed by atoms with Gasteiger partial charge in [-0.2, -0.15) is 0 Å². The number of carbonyl (C=O) groups excluding carboxylic acids is 1. The SMILES string of the molecule is CCS(=O)(=O)N1CCC(C(=O)N2CCCCC2C2OCCO2)CC1. The molecule has 3 saturated heterocycles. The molecular weight excluding hydrogens is 332 g/mol. The molecule has 1 atom stereocenters. The van der Waals surface area contributed by atoms with Crippen molar-refractivity contribution in [2.75, 3.05) is 38.6 Å².